The number of thioether (sulfide) groups is 1. The largest absolute Gasteiger partial charge is 0.440 e. The lowest BCUT2D eigenvalue weighted by Crippen LogP contribution is -2.14. The van der Waals surface area contributed by atoms with Crippen LogP contribution in [0, 0.1) is 12.8 Å². The predicted molar refractivity (Wildman–Crippen MR) is 81.3 cm³/mol. The molecule has 0 amide bonds. The second kappa shape index (κ2) is 7.54. The Hall–Kier alpha value is -0.870. The van der Waals surface area contributed by atoms with Crippen LogP contribution in [-0.2, 0) is 4.79 Å². The van der Waals surface area contributed by atoms with E-state index in [1.165, 1.54) is 17.3 Å². The summed E-state index contributed by atoms with van der Waals surface area (Å²) in [6, 6.07) is 7.74. The van der Waals surface area contributed by atoms with Gasteiger partial charge in [0.15, 0.2) is 0 Å². The highest BCUT2D eigenvalue weighted by Gasteiger charge is 2.12. The van der Waals surface area contributed by atoms with Crippen molar-refractivity contribution in [3.05, 3.63) is 29.8 Å². The zero-order chi connectivity index (χ0) is 13.5. The first-order valence-electron chi connectivity index (χ1n) is 5.97. The van der Waals surface area contributed by atoms with Gasteiger partial charge in [-0.2, -0.15) is 0 Å². The molecule has 0 fully saturated rings. The van der Waals surface area contributed by atoms with Gasteiger partial charge in [-0.1, -0.05) is 43.3 Å². The van der Waals surface area contributed by atoms with E-state index in [-0.39, 0.29) is 11.7 Å². The summed E-state index contributed by atoms with van der Waals surface area (Å²) >= 11 is 6.56. The van der Waals surface area contributed by atoms with Gasteiger partial charge < -0.3 is 4.74 Å². The Morgan fingerprint density at radius 3 is 2.56 bits per heavy atom. The number of carbonyl (C=O) groups excluding carboxylic acids is 1. The number of hydrogen-bond acceptors (Lipinski definition) is 4. The standard InChI is InChI=1S/C14H18O2S2/c1-4-13(15)11(3)9-18-14(17)16-12-7-5-10(2)6-8-12/h5-8,11H,4,9H2,1-3H3. The normalized spacial score (nSPS) is 11.9. The average molecular weight is 282 g/mol. The molecule has 0 radical (unpaired) electrons. The lowest BCUT2D eigenvalue weighted by Gasteiger charge is -2.10. The molecule has 1 aromatic carbocycles. The second-order valence-corrected chi connectivity index (χ2v) is 5.82. The summed E-state index contributed by atoms with van der Waals surface area (Å²) < 4.78 is 5.98. The van der Waals surface area contributed by atoms with Crippen LogP contribution in [0.3, 0.4) is 0 Å². The van der Waals surface area contributed by atoms with Crippen LogP contribution in [-0.4, -0.2) is 15.9 Å². The molecule has 0 bridgehead atoms. The van der Waals surface area contributed by atoms with Crippen molar-refractivity contribution in [2.45, 2.75) is 27.2 Å². The van der Waals surface area contributed by atoms with Crippen LogP contribution in [0.2, 0.25) is 0 Å². The first kappa shape index (κ1) is 15.2. The summed E-state index contributed by atoms with van der Waals surface area (Å²) in [7, 11) is 0. The van der Waals surface area contributed by atoms with Crippen molar-refractivity contribution in [3.63, 3.8) is 0 Å². The maximum Gasteiger partial charge on any atom is 0.225 e. The zero-order valence-corrected chi connectivity index (χ0v) is 12.6. The maximum absolute atomic E-state index is 11.4. The van der Waals surface area contributed by atoms with Gasteiger partial charge in [0.05, 0.1) is 0 Å². The molecule has 1 aromatic rings. The third-order valence-corrected chi connectivity index (χ3v) is 3.99. The monoisotopic (exact) mass is 282 g/mol. The first-order valence-corrected chi connectivity index (χ1v) is 7.36. The molecule has 4 heteroatoms. The van der Waals surface area contributed by atoms with Crippen molar-refractivity contribution >= 4 is 34.1 Å². The van der Waals surface area contributed by atoms with Gasteiger partial charge in [0.25, 0.3) is 0 Å². The topological polar surface area (TPSA) is 26.3 Å². The van der Waals surface area contributed by atoms with Crippen LogP contribution >= 0.6 is 24.0 Å². The van der Waals surface area contributed by atoms with Gasteiger partial charge in [0, 0.05) is 18.1 Å². The minimum absolute atomic E-state index is 0.0274. The summed E-state index contributed by atoms with van der Waals surface area (Å²) in [5.74, 6) is 1.71. The molecule has 0 aromatic heterocycles. The molecule has 0 spiro atoms. The number of Topliss-reactive ketones (excluding diaryl/α,β-unsaturated/α-hetero) is 1. The molecule has 98 valence electrons. The molecule has 0 saturated heterocycles. The lowest BCUT2D eigenvalue weighted by atomic mass is 10.1. The molecule has 1 atom stereocenters. The highest BCUT2D eigenvalue weighted by molar-refractivity contribution is 8.22. The number of thiocarbonyl (C=S) groups is 1. The van der Waals surface area contributed by atoms with Gasteiger partial charge in [0.2, 0.25) is 4.38 Å². The van der Waals surface area contributed by atoms with Crippen LogP contribution in [0.5, 0.6) is 5.75 Å². The van der Waals surface area contributed by atoms with Crippen molar-refractivity contribution in [1.82, 2.24) is 0 Å². The molecule has 0 aliphatic carbocycles. The average Bonchev–Trinajstić information content (AvgIpc) is 2.37. The number of aryl methyl sites for hydroxylation is 1. The number of carbonyl (C=O) groups is 1. The summed E-state index contributed by atoms with van der Waals surface area (Å²) in [4.78, 5) is 11.4. The number of ketones is 1. The lowest BCUT2D eigenvalue weighted by molar-refractivity contribution is -0.121. The predicted octanol–water partition coefficient (Wildman–Crippen LogP) is 4.01. The Morgan fingerprint density at radius 2 is 2.00 bits per heavy atom. The van der Waals surface area contributed by atoms with E-state index < -0.39 is 0 Å². The van der Waals surface area contributed by atoms with E-state index in [4.69, 9.17) is 17.0 Å². The van der Waals surface area contributed by atoms with Crippen LogP contribution in [0.4, 0.5) is 0 Å². The molecule has 1 unspecified atom stereocenters. The molecule has 0 heterocycles. The molecule has 0 aliphatic rings. The smallest absolute Gasteiger partial charge is 0.225 e. The second-order valence-electron chi connectivity index (χ2n) is 4.20. The van der Waals surface area contributed by atoms with Gasteiger partial charge in [-0.05, 0) is 31.3 Å². The molecule has 2 nitrogen and oxygen atoms in total. The molecular weight excluding hydrogens is 264 g/mol. The number of benzene rings is 1. The third-order valence-electron chi connectivity index (χ3n) is 2.57. The fourth-order valence-electron chi connectivity index (χ4n) is 1.37. The van der Waals surface area contributed by atoms with Gasteiger partial charge in [0.1, 0.15) is 11.5 Å². The Balaban J connectivity index is 2.38. The van der Waals surface area contributed by atoms with E-state index in [1.807, 2.05) is 45.0 Å². The number of ether oxygens (including phenoxy) is 1. The van der Waals surface area contributed by atoms with Crippen molar-refractivity contribution < 1.29 is 9.53 Å². The van der Waals surface area contributed by atoms with Crippen LogP contribution in [0.15, 0.2) is 24.3 Å². The Bertz CT molecular complexity index is 412. The molecule has 0 aliphatic heterocycles. The van der Waals surface area contributed by atoms with Crippen LogP contribution in [0.25, 0.3) is 0 Å². The van der Waals surface area contributed by atoms with Gasteiger partial charge in [-0.25, -0.2) is 0 Å². The van der Waals surface area contributed by atoms with E-state index in [1.54, 1.807) is 0 Å². The quantitative estimate of drug-likeness (QED) is 0.762. The number of hydrogen-bond donors (Lipinski definition) is 0. The first-order chi connectivity index (χ1) is 8.52. The molecule has 0 saturated carbocycles. The Labute approximate surface area is 118 Å². The summed E-state index contributed by atoms with van der Waals surface area (Å²) in [6.45, 7) is 5.83. The summed E-state index contributed by atoms with van der Waals surface area (Å²) in [5, 5.41) is 0. The Kier molecular flexibility index (Phi) is 6.36. The van der Waals surface area contributed by atoms with Gasteiger partial charge in [-0.3, -0.25) is 4.79 Å². The highest BCUT2D eigenvalue weighted by Crippen LogP contribution is 2.18. The van der Waals surface area contributed by atoms with E-state index in [9.17, 15) is 4.79 Å². The zero-order valence-electron chi connectivity index (χ0n) is 10.9. The Morgan fingerprint density at radius 1 is 1.39 bits per heavy atom. The van der Waals surface area contributed by atoms with Gasteiger partial charge in [-0.15, -0.1) is 0 Å². The highest BCUT2D eigenvalue weighted by atomic mass is 32.2. The molecule has 1 rings (SSSR count). The minimum atomic E-state index is 0.0274. The molecule has 18 heavy (non-hydrogen) atoms. The van der Waals surface area contributed by atoms with Crippen LogP contribution < -0.4 is 4.74 Å². The third kappa shape index (κ3) is 5.19. The van der Waals surface area contributed by atoms with E-state index in [0.29, 0.717) is 16.6 Å². The maximum atomic E-state index is 11.4. The fourth-order valence-corrected chi connectivity index (χ4v) is 2.39. The summed E-state index contributed by atoms with van der Waals surface area (Å²) in [6.07, 6.45) is 0.577. The van der Waals surface area contributed by atoms with Crippen molar-refractivity contribution in [3.8, 4) is 5.75 Å². The summed E-state index contributed by atoms with van der Waals surface area (Å²) in [5.41, 5.74) is 1.18. The SMILES string of the molecule is CCC(=O)C(C)CSC(=S)Oc1ccc(C)cc1. The van der Waals surface area contributed by atoms with E-state index >= 15 is 0 Å². The van der Waals surface area contributed by atoms with Crippen molar-refractivity contribution in [2.75, 3.05) is 5.75 Å². The van der Waals surface area contributed by atoms with E-state index in [2.05, 4.69) is 0 Å². The van der Waals surface area contributed by atoms with Crippen molar-refractivity contribution in [2.24, 2.45) is 5.92 Å². The molecule has 0 N–H and O–H groups in total. The number of rotatable bonds is 5. The van der Waals surface area contributed by atoms with E-state index in [0.717, 1.165) is 5.75 Å². The molecular formula is C14H18O2S2. The van der Waals surface area contributed by atoms with Crippen LogP contribution in [0.1, 0.15) is 25.8 Å². The van der Waals surface area contributed by atoms with Gasteiger partial charge >= 0.3 is 0 Å². The van der Waals surface area contributed by atoms with Crippen molar-refractivity contribution in [1.29, 1.82) is 0 Å². The minimum Gasteiger partial charge on any atom is -0.440 e. The fraction of sp³-hybridized carbons (Fsp3) is 0.429.